The van der Waals surface area contributed by atoms with Crippen molar-refractivity contribution in [2.75, 3.05) is 13.2 Å². The number of para-hydroxylation sites is 1. The molecule has 2 aromatic carbocycles. The summed E-state index contributed by atoms with van der Waals surface area (Å²) in [6, 6.07) is 12.4. The van der Waals surface area contributed by atoms with E-state index in [9.17, 15) is 34.6 Å². The van der Waals surface area contributed by atoms with Gasteiger partial charge in [0, 0.05) is 12.0 Å². The van der Waals surface area contributed by atoms with Crippen molar-refractivity contribution in [3.63, 3.8) is 0 Å². The Hall–Kier alpha value is -4.86. The highest BCUT2D eigenvalue weighted by molar-refractivity contribution is 7.80. The van der Waals surface area contributed by atoms with Crippen molar-refractivity contribution in [3.8, 4) is 11.5 Å². The molecule has 0 amide bonds. The Kier molecular flexibility index (Phi) is 13.7. The van der Waals surface area contributed by atoms with Gasteiger partial charge in [-0.2, -0.15) is 0 Å². The summed E-state index contributed by atoms with van der Waals surface area (Å²) in [5, 5.41) is 18.2. The summed E-state index contributed by atoms with van der Waals surface area (Å²) in [5.74, 6) is -1.06. The zero-order chi connectivity index (χ0) is 28.5. The van der Waals surface area contributed by atoms with Gasteiger partial charge in [-0.3, -0.25) is 9.59 Å². The standard InChI is InChI=1S/C14H16N2O10.C8H7NO2S/c1-2-5-13(17)25-12-7-4-3-6-11(12)14(18)23-8-10(26-16(21)22)9-24-15(19)20;9-8(12)6-1-3-7(4-2-6)11-5-10/h3-4,6-7,10H,2,5,8-9H2,1H3;1-5H,(H2,9,12). The molecule has 0 bridgehead atoms. The van der Waals surface area contributed by atoms with Gasteiger partial charge in [-0.15, -0.1) is 20.2 Å². The number of carbonyl (C=O) groups is 3. The molecule has 0 aliphatic heterocycles. The number of thiocarbonyl (C=S) groups is 1. The predicted molar refractivity (Wildman–Crippen MR) is 131 cm³/mol. The fourth-order valence-electron chi connectivity index (χ4n) is 2.48. The molecule has 1 atom stereocenters. The first kappa shape index (κ1) is 31.2. The van der Waals surface area contributed by atoms with Gasteiger partial charge in [0.05, 0.1) is 0 Å². The summed E-state index contributed by atoms with van der Waals surface area (Å²) >= 11 is 4.74. The van der Waals surface area contributed by atoms with Crippen molar-refractivity contribution in [3.05, 3.63) is 79.9 Å². The van der Waals surface area contributed by atoms with Crippen molar-refractivity contribution in [2.45, 2.75) is 25.9 Å². The molecule has 16 heteroatoms. The molecule has 0 spiro atoms. The van der Waals surface area contributed by atoms with E-state index in [-0.39, 0.29) is 17.7 Å². The highest BCUT2D eigenvalue weighted by Gasteiger charge is 2.21. The molecule has 2 N–H and O–H groups in total. The highest BCUT2D eigenvalue weighted by Crippen LogP contribution is 2.20. The minimum absolute atomic E-state index is 0.0377. The molecule has 204 valence electrons. The van der Waals surface area contributed by atoms with E-state index in [1.807, 2.05) is 0 Å². The van der Waals surface area contributed by atoms with Gasteiger partial charge in [0.25, 0.3) is 16.6 Å². The third-order valence-corrected chi connectivity index (χ3v) is 4.34. The molecule has 0 radical (unpaired) electrons. The zero-order valence-electron chi connectivity index (χ0n) is 19.9. The smallest absolute Gasteiger partial charge is 0.342 e. The second-order valence-corrected chi connectivity index (χ2v) is 7.33. The number of esters is 2. The summed E-state index contributed by atoms with van der Waals surface area (Å²) < 4.78 is 14.5. The number of ether oxygens (including phenoxy) is 3. The maximum Gasteiger partial charge on any atom is 0.342 e. The van der Waals surface area contributed by atoms with Crippen LogP contribution in [0.5, 0.6) is 11.5 Å². The normalized spacial score (nSPS) is 10.4. The molecule has 0 heterocycles. The van der Waals surface area contributed by atoms with E-state index in [0.29, 0.717) is 23.6 Å². The van der Waals surface area contributed by atoms with E-state index in [1.165, 1.54) is 24.3 Å². The number of nitrogens with two attached hydrogens (primary N) is 1. The van der Waals surface area contributed by atoms with Crippen LogP contribution in [0.25, 0.3) is 0 Å². The fraction of sp³-hybridized carbons (Fsp3) is 0.273. The van der Waals surface area contributed by atoms with Crippen molar-refractivity contribution in [1.29, 1.82) is 0 Å². The van der Waals surface area contributed by atoms with Crippen molar-refractivity contribution in [2.24, 2.45) is 5.73 Å². The van der Waals surface area contributed by atoms with Crippen LogP contribution in [-0.2, 0) is 24.0 Å². The van der Waals surface area contributed by atoms with Crippen LogP contribution < -0.4 is 15.2 Å². The molecule has 1 unspecified atom stereocenters. The van der Waals surface area contributed by atoms with Crippen LogP contribution in [0.15, 0.2) is 48.5 Å². The molecule has 0 aliphatic carbocycles. The molecule has 2 aromatic rings. The highest BCUT2D eigenvalue weighted by atomic mass is 32.1. The average Bonchev–Trinajstić information content (AvgIpc) is 2.86. The largest absolute Gasteiger partial charge is 0.460 e. The van der Waals surface area contributed by atoms with Gasteiger partial charge in [-0.25, -0.2) is 4.79 Å². The van der Waals surface area contributed by atoms with E-state index >= 15 is 0 Å². The Morgan fingerprint density at radius 2 is 1.71 bits per heavy atom. The first-order chi connectivity index (χ1) is 18.1. The van der Waals surface area contributed by atoms with Crippen molar-refractivity contribution in [1.82, 2.24) is 0 Å². The van der Waals surface area contributed by atoms with Crippen LogP contribution in [-0.4, -0.2) is 52.9 Å². The van der Waals surface area contributed by atoms with Crippen molar-refractivity contribution < 1.29 is 48.4 Å². The van der Waals surface area contributed by atoms with Crippen LogP contribution in [0.1, 0.15) is 35.7 Å². The quantitative estimate of drug-likeness (QED) is 0.0888. The molecule has 38 heavy (non-hydrogen) atoms. The molecule has 0 aromatic heterocycles. The van der Waals surface area contributed by atoms with Crippen molar-refractivity contribution >= 4 is 35.6 Å². The Balaban J connectivity index is 0.000000499. The van der Waals surface area contributed by atoms with Gasteiger partial charge in [0.15, 0.2) is 6.10 Å². The molecular weight excluding hydrogens is 530 g/mol. The summed E-state index contributed by atoms with van der Waals surface area (Å²) in [5.41, 5.74) is 6.02. The average molecular weight is 554 g/mol. The third-order valence-electron chi connectivity index (χ3n) is 4.11. The number of benzene rings is 2. The Bertz CT molecular complexity index is 1130. The molecule has 0 saturated heterocycles. The van der Waals surface area contributed by atoms with E-state index in [1.54, 1.807) is 31.2 Å². The molecular formula is C22H23N3O12S. The molecule has 2 rings (SSSR count). The van der Waals surface area contributed by atoms with Crippen LogP contribution in [0, 0.1) is 20.2 Å². The lowest BCUT2D eigenvalue weighted by molar-refractivity contribution is -0.790. The van der Waals surface area contributed by atoms with E-state index < -0.39 is 41.4 Å². The van der Waals surface area contributed by atoms with E-state index in [4.69, 9.17) is 27.4 Å². The summed E-state index contributed by atoms with van der Waals surface area (Å²) in [7, 11) is 0. The second kappa shape index (κ2) is 16.7. The maximum absolute atomic E-state index is 12.1. The van der Waals surface area contributed by atoms with Gasteiger partial charge < -0.3 is 29.6 Å². The molecule has 15 nitrogen and oxygen atoms in total. The lowest BCUT2D eigenvalue weighted by atomic mass is 10.2. The SMILES string of the molecule is CCCC(=O)Oc1ccccc1C(=O)OCC(CO[N+](=O)[O-])O[N+](=O)[O-].NC(=S)c1ccc(OC=O)cc1. The van der Waals surface area contributed by atoms with E-state index in [0.717, 1.165) is 5.56 Å². The Morgan fingerprint density at radius 1 is 1.05 bits per heavy atom. The van der Waals surface area contributed by atoms with Gasteiger partial charge in [-0.1, -0.05) is 31.3 Å². The summed E-state index contributed by atoms with van der Waals surface area (Å²) in [6.07, 6.45) is -0.795. The number of carbonyl (C=O) groups excluding carboxylic acids is 3. The summed E-state index contributed by atoms with van der Waals surface area (Å²) in [4.78, 5) is 62.6. The topological polar surface area (TPSA) is 210 Å². The number of nitrogens with zero attached hydrogens (tertiary/aromatic N) is 2. The first-order valence-corrected chi connectivity index (χ1v) is 11.0. The van der Waals surface area contributed by atoms with Crippen LogP contribution in [0.4, 0.5) is 0 Å². The third kappa shape index (κ3) is 12.2. The van der Waals surface area contributed by atoms with Crippen LogP contribution in [0.2, 0.25) is 0 Å². The number of rotatable bonds is 14. The second-order valence-electron chi connectivity index (χ2n) is 6.89. The predicted octanol–water partition coefficient (Wildman–Crippen LogP) is 2.19. The van der Waals surface area contributed by atoms with Crippen LogP contribution in [0.3, 0.4) is 0 Å². The van der Waals surface area contributed by atoms with Gasteiger partial charge in [0.1, 0.15) is 35.3 Å². The van der Waals surface area contributed by atoms with Gasteiger partial charge in [-0.05, 0) is 42.8 Å². The van der Waals surface area contributed by atoms with E-state index in [2.05, 4.69) is 14.4 Å². The fourth-order valence-corrected chi connectivity index (χ4v) is 2.61. The number of hydrogen-bond donors (Lipinski definition) is 1. The maximum atomic E-state index is 12.1. The monoisotopic (exact) mass is 553 g/mol. The Morgan fingerprint density at radius 3 is 2.26 bits per heavy atom. The lowest BCUT2D eigenvalue weighted by Crippen LogP contribution is -2.30. The Labute approximate surface area is 220 Å². The van der Waals surface area contributed by atoms with Gasteiger partial charge in [0.2, 0.25) is 0 Å². The van der Waals surface area contributed by atoms with Gasteiger partial charge >= 0.3 is 11.9 Å². The summed E-state index contributed by atoms with van der Waals surface area (Å²) in [6.45, 7) is 0.652. The van der Waals surface area contributed by atoms with Crippen LogP contribution >= 0.6 is 12.2 Å². The molecule has 0 saturated carbocycles. The first-order valence-electron chi connectivity index (χ1n) is 10.6. The molecule has 0 fully saturated rings. The minimum atomic E-state index is -1.51. The number of hydrogen-bond acceptors (Lipinski definition) is 13. The molecule has 0 aliphatic rings. The minimum Gasteiger partial charge on any atom is -0.460 e. The lowest BCUT2D eigenvalue weighted by Gasteiger charge is -2.14. The zero-order valence-corrected chi connectivity index (χ0v) is 20.7.